The predicted octanol–water partition coefficient (Wildman–Crippen LogP) is 4.44. The van der Waals surface area contributed by atoms with Crippen LogP contribution in [0.25, 0.3) is 10.9 Å². The van der Waals surface area contributed by atoms with Gasteiger partial charge >= 0.3 is 0 Å². The third-order valence-electron chi connectivity index (χ3n) is 5.42. The summed E-state index contributed by atoms with van der Waals surface area (Å²) in [5.74, 6) is 2.08. The summed E-state index contributed by atoms with van der Waals surface area (Å²) in [6, 6.07) is 15.0. The Bertz CT molecular complexity index is 1350. The molecule has 0 saturated heterocycles. The largest absolute Gasteiger partial charge is 0.480 e. The molecule has 36 heavy (non-hydrogen) atoms. The van der Waals surface area contributed by atoms with Crippen LogP contribution in [-0.4, -0.2) is 44.7 Å². The number of nitrogens with one attached hydrogen (secondary N) is 2. The lowest BCUT2D eigenvalue weighted by Gasteiger charge is -2.18. The molecule has 4 rings (SSSR count). The summed E-state index contributed by atoms with van der Waals surface area (Å²) < 4.78 is 11.9. The zero-order chi connectivity index (χ0) is 25.7. The maximum Gasteiger partial charge on any atom is 0.260 e. The van der Waals surface area contributed by atoms with Gasteiger partial charge in [-0.15, -0.1) is 0 Å². The highest BCUT2D eigenvalue weighted by Crippen LogP contribution is 2.33. The number of amides is 1. The molecular weight excluding hydrogens is 458 g/mol. The van der Waals surface area contributed by atoms with E-state index in [0.29, 0.717) is 28.2 Å². The van der Waals surface area contributed by atoms with Crippen molar-refractivity contribution in [3.8, 4) is 17.2 Å². The molecule has 2 aromatic carbocycles. The van der Waals surface area contributed by atoms with Crippen molar-refractivity contribution in [3.05, 3.63) is 72.3 Å². The summed E-state index contributed by atoms with van der Waals surface area (Å²) >= 11 is 0. The molecule has 0 radical (unpaired) electrons. The van der Waals surface area contributed by atoms with Gasteiger partial charge in [0, 0.05) is 17.9 Å². The second-order valence-electron chi connectivity index (χ2n) is 8.57. The highest BCUT2D eigenvalue weighted by molar-refractivity contribution is 5.96. The zero-order valence-electron chi connectivity index (χ0n) is 20.6. The van der Waals surface area contributed by atoms with Gasteiger partial charge in [-0.1, -0.05) is 6.07 Å². The van der Waals surface area contributed by atoms with Crippen molar-refractivity contribution in [2.24, 2.45) is 0 Å². The molecular formula is C27H29N5O4. The van der Waals surface area contributed by atoms with Crippen LogP contribution in [0, 0.1) is 13.8 Å². The number of aryl methyl sites for hydroxylation is 2. The van der Waals surface area contributed by atoms with E-state index in [1.54, 1.807) is 26.1 Å². The first-order valence-corrected chi connectivity index (χ1v) is 11.6. The Balaban J connectivity index is 1.56. The highest BCUT2D eigenvalue weighted by Gasteiger charge is 2.18. The lowest BCUT2D eigenvalue weighted by atomic mass is 10.1. The number of hydrogen-bond acceptors (Lipinski definition) is 8. The van der Waals surface area contributed by atoms with Crippen LogP contribution in [-0.2, 0) is 4.79 Å². The van der Waals surface area contributed by atoms with E-state index >= 15 is 0 Å². The van der Waals surface area contributed by atoms with E-state index in [4.69, 9.17) is 9.47 Å². The first-order chi connectivity index (χ1) is 17.3. The molecule has 2 aromatic heterocycles. The Morgan fingerprint density at radius 3 is 2.58 bits per heavy atom. The second-order valence-corrected chi connectivity index (χ2v) is 8.57. The third-order valence-corrected chi connectivity index (χ3v) is 5.42. The van der Waals surface area contributed by atoms with E-state index in [-0.39, 0.29) is 12.5 Å². The average Bonchev–Trinajstić information content (AvgIpc) is 2.85. The maximum atomic E-state index is 12.4. The Morgan fingerprint density at radius 2 is 1.86 bits per heavy atom. The first-order valence-electron chi connectivity index (χ1n) is 11.6. The molecule has 9 nitrogen and oxygen atoms in total. The van der Waals surface area contributed by atoms with Crippen molar-refractivity contribution in [2.75, 3.05) is 11.9 Å². The molecule has 2 heterocycles. The fourth-order valence-corrected chi connectivity index (χ4v) is 3.53. The summed E-state index contributed by atoms with van der Waals surface area (Å²) in [4.78, 5) is 25.4. The summed E-state index contributed by atoms with van der Waals surface area (Å²) in [6.07, 6.45) is 1.75. The van der Waals surface area contributed by atoms with Gasteiger partial charge in [-0.2, -0.15) is 0 Å². The number of ether oxygens (including phenoxy) is 2. The van der Waals surface area contributed by atoms with E-state index in [1.165, 1.54) is 6.33 Å². The monoisotopic (exact) mass is 487 g/mol. The number of nitrogens with zero attached hydrogens (tertiary/aromatic N) is 3. The smallest absolute Gasteiger partial charge is 0.260 e. The molecule has 0 fully saturated rings. The zero-order valence-corrected chi connectivity index (χ0v) is 20.6. The van der Waals surface area contributed by atoms with Gasteiger partial charge in [0.15, 0.2) is 6.10 Å². The number of carbonyl (C=O) groups excluding carboxylic acids is 1. The van der Waals surface area contributed by atoms with E-state index in [1.807, 2.05) is 56.3 Å². The fraction of sp³-hybridized carbons (Fsp3) is 0.259. The highest BCUT2D eigenvalue weighted by atomic mass is 16.5. The lowest BCUT2D eigenvalue weighted by molar-refractivity contribution is -0.127. The number of rotatable bonds is 9. The molecule has 0 aliphatic carbocycles. The maximum absolute atomic E-state index is 12.4. The number of anilines is 2. The second kappa shape index (κ2) is 11.0. The van der Waals surface area contributed by atoms with Crippen LogP contribution in [0.15, 0.2) is 61.1 Å². The van der Waals surface area contributed by atoms with Gasteiger partial charge in [0.05, 0.1) is 23.2 Å². The quantitative estimate of drug-likeness (QED) is 0.317. The van der Waals surface area contributed by atoms with Crippen molar-refractivity contribution in [1.82, 2.24) is 20.3 Å². The molecule has 0 bridgehead atoms. The number of hydrogen-bond donors (Lipinski definition) is 3. The first kappa shape index (κ1) is 24.9. The molecule has 1 amide bonds. The minimum atomic E-state index is -0.780. The average molecular weight is 488 g/mol. The van der Waals surface area contributed by atoms with Gasteiger partial charge in [-0.25, -0.2) is 9.97 Å². The Kier molecular flexibility index (Phi) is 7.60. The molecule has 4 aromatic rings. The third kappa shape index (κ3) is 6.05. The van der Waals surface area contributed by atoms with Crippen LogP contribution in [0.4, 0.5) is 11.5 Å². The summed E-state index contributed by atoms with van der Waals surface area (Å²) in [5.41, 5.74) is 3.33. The molecule has 0 unspecified atom stereocenters. The fourth-order valence-electron chi connectivity index (χ4n) is 3.53. The van der Waals surface area contributed by atoms with Gasteiger partial charge in [0.2, 0.25) is 0 Å². The lowest BCUT2D eigenvalue weighted by Crippen LogP contribution is -2.39. The van der Waals surface area contributed by atoms with Crippen LogP contribution >= 0.6 is 0 Å². The SMILES string of the molecule is Cc1ccc(Oc2ccc(Nc3ncnc4cccc(O[C@H](C)C(=O)NC[C@H](C)O)c34)cc2C)cn1. The van der Waals surface area contributed by atoms with Crippen LogP contribution in [0.3, 0.4) is 0 Å². The number of carbonyl (C=O) groups is 1. The molecule has 0 spiro atoms. The van der Waals surface area contributed by atoms with Crippen LogP contribution in [0.1, 0.15) is 25.1 Å². The molecule has 0 aliphatic heterocycles. The molecule has 0 saturated carbocycles. The van der Waals surface area contributed by atoms with Gasteiger partial charge in [0.25, 0.3) is 5.91 Å². The number of aromatic nitrogens is 3. The predicted molar refractivity (Wildman–Crippen MR) is 138 cm³/mol. The number of aliphatic hydroxyl groups is 1. The number of fused-ring (bicyclic) bond motifs is 1. The minimum absolute atomic E-state index is 0.150. The van der Waals surface area contributed by atoms with Gasteiger partial charge in [-0.3, -0.25) is 9.78 Å². The normalized spacial score (nSPS) is 12.6. The van der Waals surface area contributed by atoms with Gasteiger partial charge < -0.3 is 25.2 Å². The Hall–Kier alpha value is -4.24. The molecule has 186 valence electrons. The van der Waals surface area contributed by atoms with Crippen molar-refractivity contribution in [3.63, 3.8) is 0 Å². The topological polar surface area (TPSA) is 118 Å². The number of aliphatic hydroxyl groups excluding tert-OH is 1. The molecule has 9 heteroatoms. The van der Waals surface area contributed by atoms with Gasteiger partial charge in [-0.05, 0) is 75.7 Å². The van der Waals surface area contributed by atoms with E-state index < -0.39 is 12.2 Å². The van der Waals surface area contributed by atoms with E-state index in [2.05, 4.69) is 25.6 Å². The van der Waals surface area contributed by atoms with E-state index in [9.17, 15) is 9.90 Å². The minimum Gasteiger partial charge on any atom is -0.480 e. The van der Waals surface area contributed by atoms with Crippen LogP contribution < -0.4 is 20.1 Å². The molecule has 2 atom stereocenters. The van der Waals surface area contributed by atoms with Crippen molar-refractivity contribution < 1.29 is 19.4 Å². The van der Waals surface area contributed by atoms with Crippen molar-refractivity contribution in [1.29, 1.82) is 0 Å². The Morgan fingerprint density at radius 1 is 1.03 bits per heavy atom. The van der Waals surface area contributed by atoms with Crippen LogP contribution in [0.5, 0.6) is 17.2 Å². The number of pyridine rings is 1. The van der Waals surface area contributed by atoms with Crippen molar-refractivity contribution >= 4 is 28.3 Å². The Labute approximate surface area is 209 Å². The summed E-state index contributed by atoms with van der Waals surface area (Å²) in [7, 11) is 0. The van der Waals surface area contributed by atoms with E-state index in [0.717, 1.165) is 22.7 Å². The standard InChI is InChI=1S/C27H29N5O4/c1-16-12-20(9-11-23(16)36-21-10-8-17(2)28-14-21)32-26-25-22(30-15-31-26)6-5-7-24(25)35-19(4)27(34)29-13-18(3)33/h5-12,14-15,18-19,33H,13H2,1-4H3,(H,29,34)(H,30,31,32)/t18-,19+/m0/s1. The molecule has 0 aliphatic rings. The van der Waals surface area contributed by atoms with Crippen LogP contribution in [0.2, 0.25) is 0 Å². The molecule has 3 N–H and O–H groups in total. The summed E-state index contributed by atoms with van der Waals surface area (Å²) in [6.45, 7) is 7.29. The van der Waals surface area contributed by atoms with Gasteiger partial charge in [0.1, 0.15) is 29.4 Å². The summed E-state index contributed by atoms with van der Waals surface area (Å²) in [5, 5.41) is 16.1. The number of benzene rings is 2. The van der Waals surface area contributed by atoms with Crippen molar-refractivity contribution in [2.45, 2.75) is 39.9 Å².